The summed E-state index contributed by atoms with van der Waals surface area (Å²) in [5.41, 5.74) is 2.74. The van der Waals surface area contributed by atoms with Crippen molar-refractivity contribution in [2.75, 3.05) is 45.1 Å². The number of anilines is 1. The van der Waals surface area contributed by atoms with Crippen LogP contribution in [0.5, 0.6) is 0 Å². The lowest BCUT2D eigenvalue weighted by molar-refractivity contribution is -0.142. The van der Waals surface area contributed by atoms with E-state index in [1.54, 1.807) is 28.0 Å². The number of rotatable bonds is 6. The third-order valence-electron chi connectivity index (χ3n) is 8.44. The Bertz CT molecular complexity index is 1260. The Morgan fingerprint density at radius 2 is 1.68 bits per heavy atom. The molecule has 0 bridgehead atoms. The van der Waals surface area contributed by atoms with E-state index in [1.165, 1.54) is 0 Å². The number of hydrogen-bond acceptors (Lipinski definition) is 5. The number of urea groups is 1. The van der Waals surface area contributed by atoms with Crippen molar-refractivity contribution in [3.05, 3.63) is 63.6 Å². The molecular weight excluding hydrogens is 565 g/mol. The molecule has 2 saturated heterocycles. The Labute approximate surface area is 251 Å². The SMILES string of the molecule is CNC1CCN(C(=O)[C@@H](Cc2ccc(Cl)c(Cl)c2)OC(=O)N2CCC(N3CCc4ccccc4NC3=O)CC2)CC1. The Morgan fingerprint density at radius 1 is 0.976 bits per heavy atom. The molecule has 220 valence electrons. The molecule has 2 fully saturated rings. The second-order valence-electron chi connectivity index (χ2n) is 11.0. The van der Waals surface area contributed by atoms with Gasteiger partial charge in [0.25, 0.3) is 5.91 Å². The number of fused-ring (bicyclic) bond motifs is 1. The summed E-state index contributed by atoms with van der Waals surface area (Å²) in [5, 5.41) is 7.11. The van der Waals surface area contributed by atoms with Gasteiger partial charge in [-0.15, -0.1) is 0 Å². The van der Waals surface area contributed by atoms with E-state index in [2.05, 4.69) is 10.6 Å². The normalized spacial score (nSPS) is 19.3. The first-order valence-electron chi connectivity index (χ1n) is 14.3. The van der Waals surface area contributed by atoms with Gasteiger partial charge in [0.15, 0.2) is 6.10 Å². The molecule has 5 rings (SSSR count). The van der Waals surface area contributed by atoms with Gasteiger partial charge in [-0.25, -0.2) is 9.59 Å². The second-order valence-corrected chi connectivity index (χ2v) is 11.8. The van der Waals surface area contributed by atoms with Crippen LogP contribution >= 0.6 is 23.2 Å². The number of carbonyl (C=O) groups is 3. The van der Waals surface area contributed by atoms with Crippen molar-refractivity contribution in [3.63, 3.8) is 0 Å². The van der Waals surface area contributed by atoms with E-state index in [9.17, 15) is 14.4 Å². The van der Waals surface area contributed by atoms with Crippen LogP contribution in [0.25, 0.3) is 0 Å². The van der Waals surface area contributed by atoms with Gasteiger partial charge < -0.3 is 30.1 Å². The van der Waals surface area contributed by atoms with Crippen molar-refractivity contribution in [1.82, 2.24) is 20.0 Å². The maximum absolute atomic E-state index is 13.6. The summed E-state index contributed by atoms with van der Waals surface area (Å²) in [5.74, 6) is -0.199. The molecule has 11 heteroatoms. The van der Waals surface area contributed by atoms with Gasteiger partial charge >= 0.3 is 12.1 Å². The quantitative estimate of drug-likeness (QED) is 0.496. The van der Waals surface area contributed by atoms with Gasteiger partial charge in [0.2, 0.25) is 0 Å². The number of hydrogen-bond donors (Lipinski definition) is 2. The van der Waals surface area contributed by atoms with E-state index in [0.29, 0.717) is 61.7 Å². The molecular formula is C30H37Cl2N5O4. The molecule has 3 aliphatic rings. The zero-order chi connectivity index (χ0) is 28.9. The zero-order valence-corrected chi connectivity index (χ0v) is 24.8. The summed E-state index contributed by atoms with van der Waals surface area (Å²) in [4.78, 5) is 45.2. The summed E-state index contributed by atoms with van der Waals surface area (Å²) in [6.07, 6.45) is 2.47. The Balaban J connectivity index is 1.21. The fraction of sp³-hybridized carbons (Fsp3) is 0.500. The lowest BCUT2D eigenvalue weighted by Crippen LogP contribution is -2.52. The average Bonchev–Trinajstić information content (AvgIpc) is 3.16. The standard InChI is InChI=1S/C30H37Cl2N5O4/c1-33-22-9-13-35(14-10-22)28(38)27(19-20-6-7-24(31)25(32)18-20)41-30(40)36-15-11-23(12-16-36)37-17-8-21-4-2-3-5-26(21)34-29(37)39/h2-7,18,22-23,27,33H,8-17,19H2,1H3,(H,34,39)/t27-/m1/s1. The fourth-order valence-corrected chi connectivity index (χ4v) is 6.27. The van der Waals surface area contributed by atoms with Crippen LogP contribution in [0.15, 0.2) is 42.5 Å². The third-order valence-corrected chi connectivity index (χ3v) is 9.18. The maximum Gasteiger partial charge on any atom is 0.410 e. The number of nitrogens with one attached hydrogen (secondary N) is 2. The molecule has 0 aliphatic carbocycles. The molecule has 0 spiro atoms. The number of para-hydroxylation sites is 1. The van der Waals surface area contributed by atoms with E-state index in [4.69, 9.17) is 27.9 Å². The Kier molecular flexibility index (Phi) is 9.57. The van der Waals surface area contributed by atoms with Gasteiger partial charge in [-0.1, -0.05) is 47.5 Å². The predicted molar refractivity (Wildman–Crippen MR) is 160 cm³/mol. The van der Waals surface area contributed by atoms with Crippen molar-refractivity contribution < 1.29 is 19.1 Å². The summed E-state index contributed by atoms with van der Waals surface area (Å²) >= 11 is 12.3. The average molecular weight is 603 g/mol. The summed E-state index contributed by atoms with van der Waals surface area (Å²) in [6.45, 7) is 2.73. The van der Waals surface area contributed by atoms with Gasteiger partial charge in [-0.05, 0) is 68.5 Å². The molecule has 2 aromatic rings. The molecule has 0 unspecified atom stereocenters. The number of nitrogens with zero attached hydrogens (tertiary/aromatic N) is 3. The highest BCUT2D eigenvalue weighted by Gasteiger charge is 2.35. The topological polar surface area (TPSA) is 94.2 Å². The maximum atomic E-state index is 13.6. The number of ether oxygens (including phenoxy) is 1. The highest BCUT2D eigenvalue weighted by molar-refractivity contribution is 6.42. The van der Waals surface area contributed by atoms with E-state index >= 15 is 0 Å². The van der Waals surface area contributed by atoms with Crippen molar-refractivity contribution >= 4 is 46.9 Å². The minimum Gasteiger partial charge on any atom is -0.436 e. The smallest absolute Gasteiger partial charge is 0.410 e. The van der Waals surface area contributed by atoms with Crippen LogP contribution in [-0.2, 0) is 22.4 Å². The number of amides is 4. The molecule has 0 radical (unpaired) electrons. The number of carbonyl (C=O) groups excluding carboxylic acids is 3. The molecule has 0 aromatic heterocycles. The van der Waals surface area contributed by atoms with E-state index < -0.39 is 12.2 Å². The van der Waals surface area contributed by atoms with Crippen LogP contribution in [0.2, 0.25) is 10.0 Å². The number of likely N-dealkylation sites (tertiary alicyclic amines) is 2. The van der Waals surface area contributed by atoms with Crippen molar-refractivity contribution in [1.29, 1.82) is 0 Å². The molecule has 3 aliphatic heterocycles. The molecule has 0 saturated carbocycles. The summed E-state index contributed by atoms with van der Waals surface area (Å²) in [7, 11) is 1.93. The van der Waals surface area contributed by atoms with Crippen LogP contribution in [0.3, 0.4) is 0 Å². The Morgan fingerprint density at radius 3 is 2.39 bits per heavy atom. The monoisotopic (exact) mass is 601 g/mol. The number of benzene rings is 2. The second kappa shape index (κ2) is 13.3. The fourth-order valence-electron chi connectivity index (χ4n) is 5.95. The van der Waals surface area contributed by atoms with Crippen molar-refractivity contribution in [2.24, 2.45) is 0 Å². The first kappa shape index (κ1) is 29.5. The molecule has 41 heavy (non-hydrogen) atoms. The number of piperidine rings is 2. The zero-order valence-electron chi connectivity index (χ0n) is 23.3. The Hall–Kier alpha value is -3.01. The lowest BCUT2D eigenvalue weighted by Gasteiger charge is -2.38. The molecule has 2 N–H and O–H groups in total. The van der Waals surface area contributed by atoms with E-state index in [1.807, 2.05) is 36.2 Å². The molecule has 1 atom stereocenters. The van der Waals surface area contributed by atoms with Crippen LogP contribution < -0.4 is 10.6 Å². The van der Waals surface area contributed by atoms with Crippen LogP contribution in [0.1, 0.15) is 36.8 Å². The highest BCUT2D eigenvalue weighted by atomic mass is 35.5. The molecule has 9 nitrogen and oxygen atoms in total. The van der Waals surface area contributed by atoms with E-state index in [-0.39, 0.29) is 24.4 Å². The highest BCUT2D eigenvalue weighted by Crippen LogP contribution is 2.27. The van der Waals surface area contributed by atoms with E-state index in [0.717, 1.165) is 36.1 Å². The summed E-state index contributed by atoms with van der Waals surface area (Å²) in [6, 6.07) is 13.3. The largest absolute Gasteiger partial charge is 0.436 e. The summed E-state index contributed by atoms with van der Waals surface area (Å²) < 4.78 is 5.91. The van der Waals surface area contributed by atoms with Crippen molar-refractivity contribution in [2.45, 2.75) is 56.7 Å². The molecule has 3 heterocycles. The van der Waals surface area contributed by atoms with Crippen LogP contribution in [0, 0.1) is 0 Å². The van der Waals surface area contributed by atoms with Crippen molar-refractivity contribution in [3.8, 4) is 0 Å². The van der Waals surface area contributed by atoms with Gasteiger partial charge in [0, 0.05) is 56.9 Å². The van der Waals surface area contributed by atoms with Gasteiger partial charge in [0.1, 0.15) is 0 Å². The molecule has 4 amide bonds. The third kappa shape index (κ3) is 7.08. The van der Waals surface area contributed by atoms with Crippen LogP contribution in [0.4, 0.5) is 15.3 Å². The van der Waals surface area contributed by atoms with Gasteiger partial charge in [-0.2, -0.15) is 0 Å². The lowest BCUT2D eigenvalue weighted by atomic mass is 10.0. The van der Waals surface area contributed by atoms with Gasteiger partial charge in [-0.3, -0.25) is 4.79 Å². The first-order chi connectivity index (χ1) is 19.8. The number of halogens is 2. The van der Waals surface area contributed by atoms with Gasteiger partial charge in [0.05, 0.1) is 10.0 Å². The molecule has 2 aromatic carbocycles. The minimum atomic E-state index is -0.974. The minimum absolute atomic E-state index is 0.0236. The predicted octanol–water partition coefficient (Wildman–Crippen LogP) is 4.81. The van der Waals surface area contributed by atoms with Crippen LogP contribution in [-0.4, -0.2) is 90.7 Å². The first-order valence-corrected chi connectivity index (χ1v) is 15.1.